The van der Waals surface area contributed by atoms with Crippen LogP contribution in [0.15, 0.2) is 17.6 Å². The van der Waals surface area contributed by atoms with E-state index in [4.69, 9.17) is 0 Å². The molecule has 4 heteroatoms. The minimum absolute atomic E-state index is 0.940. The van der Waals surface area contributed by atoms with Crippen LogP contribution in [0.5, 0.6) is 0 Å². The zero-order valence-electron chi connectivity index (χ0n) is 9.62. The van der Waals surface area contributed by atoms with Crippen molar-refractivity contribution in [2.75, 3.05) is 6.54 Å². The highest BCUT2D eigenvalue weighted by atomic mass is 32.1. The fourth-order valence-corrected chi connectivity index (χ4v) is 3.24. The highest BCUT2D eigenvalue weighted by Crippen LogP contribution is 2.15. The van der Waals surface area contributed by atoms with Gasteiger partial charge >= 0.3 is 0 Å². The molecule has 16 heavy (non-hydrogen) atoms. The van der Waals surface area contributed by atoms with E-state index < -0.39 is 0 Å². The number of nitrogens with one attached hydrogen (secondary N) is 1. The summed E-state index contributed by atoms with van der Waals surface area (Å²) in [7, 11) is 0. The van der Waals surface area contributed by atoms with Crippen molar-refractivity contribution in [3.8, 4) is 0 Å². The number of rotatable bonds is 5. The lowest BCUT2D eigenvalue weighted by Gasteiger charge is -2.02. The first-order valence-electron chi connectivity index (χ1n) is 5.40. The monoisotopic (exact) mass is 252 g/mol. The minimum Gasteiger partial charge on any atom is -0.311 e. The van der Waals surface area contributed by atoms with E-state index in [0.29, 0.717) is 0 Å². The van der Waals surface area contributed by atoms with Gasteiger partial charge in [-0.05, 0) is 37.3 Å². The topological polar surface area (TPSA) is 24.9 Å². The molecular formula is C12H16N2S2. The first kappa shape index (κ1) is 11.8. The van der Waals surface area contributed by atoms with Gasteiger partial charge < -0.3 is 5.32 Å². The highest BCUT2D eigenvalue weighted by molar-refractivity contribution is 7.11. The van der Waals surface area contributed by atoms with Crippen molar-refractivity contribution in [2.45, 2.75) is 26.8 Å². The van der Waals surface area contributed by atoms with Crippen molar-refractivity contribution in [3.05, 3.63) is 38.0 Å². The molecule has 2 rings (SSSR count). The number of nitrogens with zero attached hydrogens (tertiary/aromatic N) is 1. The summed E-state index contributed by atoms with van der Waals surface area (Å²) in [5.41, 5.74) is 1.42. The molecule has 2 aromatic heterocycles. The summed E-state index contributed by atoms with van der Waals surface area (Å²) in [5, 5.41) is 6.77. The van der Waals surface area contributed by atoms with Crippen LogP contribution in [-0.2, 0) is 13.0 Å². The number of hydrogen-bond donors (Lipinski definition) is 1. The van der Waals surface area contributed by atoms with Gasteiger partial charge in [0.05, 0.1) is 5.01 Å². The molecule has 0 aromatic carbocycles. The third kappa shape index (κ3) is 3.14. The minimum atomic E-state index is 0.940. The van der Waals surface area contributed by atoms with Crippen molar-refractivity contribution >= 4 is 22.7 Å². The Morgan fingerprint density at radius 2 is 2.25 bits per heavy atom. The van der Waals surface area contributed by atoms with E-state index in [-0.39, 0.29) is 0 Å². The lowest BCUT2D eigenvalue weighted by Crippen LogP contribution is -2.15. The lowest BCUT2D eigenvalue weighted by atomic mass is 10.2. The van der Waals surface area contributed by atoms with Gasteiger partial charge in [-0.2, -0.15) is 0 Å². The normalized spacial score (nSPS) is 10.9. The van der Waals surface area contributed by atoms with Gasteiger partial charge in [-0.25, -0.2) is 4.98 Å². The Morgan fingerprint density at radius 1 is 1.38 bits per heavy atom. The second-order valence-corrected chi connectivity index (χ2v) is 6.12. The molecule has 0 spiro atoms. The molecule has 0 aliphatic carbocycles. The molecule has 2 heterocycles. The number of thiazole rings is 1. The predicted molar refractivity (Wildman–Crippen MR) is 71.3 cm³/mol. The van der Waals surface area contributed by atoms with E-state index in [1.54, 1.807) is 11.3 Å². The maximum Gasteiger partial charge on any atom is 0.0897 e. The fraction of sp³-hybridized carbons (Fsp3) is 0.417. The van der Waals surface area contributed by atoms with Gasteiger partial charge in [0.1, 0.15) is 0 Å². The Morgan fingerprint density at radius 3 is 2.88 bits per heavy atom. The first-order chi connectivity index (χ1) is 7.75. The van der Waals surface area contributed by atoms with Crippen molar-refractivity contribution in [1.29, 1.82) is 0 Å². The molecule has 0 amide bonds. The van der Waals surface area contributed by atoms with Crippen LogP contribution in [0.25, 0.3) is 0 Å². The number of hydrogen-bond acceptors (Lipinski definition) is 4. The van der Waals surface area contributed by atoms with Crippen LogP contribution >= 0.6 is 22.7 Å². The molecule has 0 unspecified atom stereocenters. The van der Waals surface area contributed by atoms with E-state index in [2.05, 4.69) is 28.7 Å². The summed E-state index contributed by atoms with van der Waals surface area (Å²) >= 11 is 3.62. The van der Waals surface area contributed by atoms with Gasteiger partial charge in [0, 0.05) is 29.0 Å². The zero-order chi connectivity index (χ0) is 11.4. The van der Waals surface area contributed by atoms with Gasteiger partial charge in [0.2, 0.25) is 0 Å². The van der Waals surface area contributed by atoms with Gasteiger partial charge in [-0.15, -0.1) is 22.7 Å². The van der Waals surface area contributed by atoms with Crippen LogP contribution in [0, 0.1) is 13.8 Å². The molecule has 0 saturated carbocycles. The van der Waals surface area contributed by atoms with Crippen LogP contribution < -0.4 is 5.32 Å². The maximum atomic E-state index is 4.24. The second-order valence-electron chi connectivity index (χ2n) is 3.80. The van der Waals surface area contributed by atoms with Crippen LogP contribution in [0.1, 0.15) is 20.3 Å². The Kier molecular flexibility index (Phi) is 4.09. The van der Waals surface area contributed by atoms with Crippen LogP contribution in [0.3, 0.4) is 0 Å². The summed E-state index contributed by atoms with van der Waals surface area (Å²) in [5.74, 6) is 0. The largest absolute Gasteiger partial charge is 0.311 e. The van der Waals surface area contributed by atoms with E-state index in [9.17, 15) is 0 Å². The molecule has 0 bridgehead atoms. The van der Waals surface area contributed by atoms with Gasteiger partial charge in [0.25, 0.3) is 0 Å². The number of aryl methyl sites for hydroxylation is 2. The molecule has 0 atom stereocenters. The summed E-state index contributed by atoms with van der Waals surface area (Å²) in [4.78, 5) is 7.05. The molecule has 86 valence electrons. The third-order valence-corrected chi connectivity index (χ3v) is 4.46. The predicted octanol–water partition coefficient (Wildman–Crippen LogP) is 3.15. The fourth-order valence-electron chi connectivity index (χ4n) is 1.56. The Labute approximate surface area is 104 Å². The first-order valence-corrected chi connectivity index (χ1v) is 7.10. The molecule has 2 aromatic rings. The molecule has 1 N–H and O–H groups in total. The number of thiophene rings is 1. The molecule has 0 aliphatic heterocycles. The van der Waals surface area contributed by atoms with Crippen LogP contribution in [0.2, 0.25) is 0 Å². The van der Waals surface area contributed by atoms with E-state index in [1.807, 2.05) is 24.5 Å². The molecular weight excluding hydrogens is 236 g/mol. The average Bonchev–Trinajstić information content (AvgIpc) is 2.83. The van der Waals surface area contributed by atoms with E-state index >= 15 is 0 Å². The van der Waals surface area contributed by atoms with Crippen LogP contribution in [-0.4, -0.2) is 11.5 Å². The van der Waals surface area contributed by atoms with E-state index in [0.717, 1.165) is 24.5 Å². The Hall–Kier alpha value is -0.710. The van der Waals surface area contributed by atoms with Crippen molar-refractivity contribution < 1.29 is 0 Å². The molecule has 0 radical (unpaired) electrons. The highest BCUT2D eigenvalue weighted by Gasteiger charge is 2.00. The average molecular weight is 252 g/mol. The van der Waals surface area contributed by atoms with Crippen molar-refractivity contribution in [3.63, 3.8) is 0 Å². The molecule has 0 aliphatic rings. The summed E-state index contributed by atoms with van der Waals surface area (Å²) < 4.78 is 0. The SMILES string of the molecule is Cc1ncc(CNCCc2sccc2C)s1. The van der Waals surface area contributed by atoms with Crippen molar-refractivity contribution in [2.24, 2.45) is 0 Å². The summed E-state index contributed by atoms with van der Waals surface area (Å²) in [6.45, 7) is 6.20. The maximum absolute atomic E-state index is 4.24. The summed E-state index contributed by atoms with van der Waals surface area (Å²) in [6, 6.07) is 2.19. The van der Waals surface area contributed by atoms with Crippen LogP contribution in [0.4, 0.5) is 0 Å². The van der Waals surface area contributed by atoms with Gasteiger partial charge in [0.15, 0.2) is 0 Å². The second kappa shape index (κ2) is 5.57. The summed E-state index contributed by atoms with van der Waals surface area (Å²) in [6.07, 6.45) is 3.09. The molecule has 2 nitrogen and oxygen atoms in total. The molecule has 0 fully saturated rings. The van der Waals surface area contributed by atoms with Gasteiger partial charge in [-0.1, -0.05) is 0 Å². The quantitative estimate of drug-likeness (QED) is 0.827. The lowest BCUT2D eigenvalue weighted by molar-refractivity contribution is 0.695. The third-order valence-electron chi connectivity index (χ3n) is 2.47. The molecule has 0 saturated heterocycles. The van der Waals surface area contributed by atoms with Gasteiger partial charge in [-0.3, -0.25) is 0 Å². The van der Waals surface area contributed by atoms with E-state index in [1.165, 1.54) is 15.3 Å². The zero-order valence-corrected chi connectivity index (χ0v) is 11.3. The van der Waals surface area contributed by atoms with Crippen molar-refractivity contribution in [1.82, 2.24) is 10.3 Å². The Bertz CT molecular complexity index is 445. The smallest absolute Gasteiger partial charge is 0.0897 e. The number of aromatic nitrogens is 1. The Balaban J connectivity index is 1.71. The standard InChI is InChI=1S/C12H16N2S2/c1-9-4-6-15-12(9)3-5-13-7-11-8-14-10(2)16-11/h4,6,8,13H,3,5,7H2,1-2H3.